The predicted molar refractivity (Wildman–Crippen MR) is 92.6 cm³/mol. The van der Waals surface area contributed by atoms with Crippen LogP contribution in [-0.2, 0) is 0 Å². The van der Waals surface area contributed by atoms with E-state index in [1.165, 1.54) is 24.3 Å². The van der Waals surface area contributed by atoms with Gasteiger partial charge >= 0.3 is 0 Å². The van der Waals surface area contributed by atoms with E-state index >= 15 is 0 Å². The van der Waals surface area contributed by atoms with Crippen LogP contribution in [0, 0.1) is 11.7 Å². The monoisotopic (exact) mass is 353 g/mol. The molecule has 24 heavy (non-hydrogen) atoms. The molecule has 0 radical (unpaired) electrons. The summed E-state index contributed by atoms with van der Waals surface area (Å²) in [7, 11) is 0. The Morgan fingerprint density at radius 2 is 1.83 bits per heavy atom. The van der Waals surface area contributed by atoms with E-state index in [0.29, 0.717) is 18.3 Å². The summed E-state index contributed by atoms with van der Waals surface area (Å²) in [4.78, 5) is 0. The third-order valence-corrected chi connectivity index (χ3v) is 4.32. The number of benzene rings is 2. The number of ether oxygens (including phenoxy) is 1. The van der Waals surface area contributed by atoms with E-state index < -0.39 is 0 Å². The molecule has 0 bridgehead atoms. The summed E-state index contributed by atoms with van der Waals surface area (Å²) in [5.41, 5.74) is 1.12. The lowest BCUT2D eigenvalue weighted by Gasteiger charge is -2.32. The lowest BCUT2D eigenvalue weighted by atomic mass is 9.81. The number of rotatable bonds is 4. The SMILES string of the molecule is Cl.Oc1ccc(OCC2CNCCC2c2ccc(F)cc2)cc1O. The molecule has 0 amide bonds. The second kappa shape index (κ2) is 8.22. The highest BCUT2D eigenvalue weighted by molar-refractivity contribution is 5.85. The maximum absolute atomic E-state index is 13.1. The minimum atomic E-state index is -0.227. The quantitative estimate of drug-likeness (QED) is 0.737. The molecule has 0 saturated carbocycles. The molecule has 0 spiro atoms. The molecule has 0 aliphatic carbocycles. The highest BCUT2D eigenvalue weighted by atomic mass is 35.5. The van der Waals surface area contributed by atoms with Crippen molar-refractivity contribution in [3.8, 4) is 17.2 Å². The second-order valence-corrected chi connectivity index (χ2v) is 5.87. The molecule has 2 unspecified atom stereocenters. The van der Waals surface area contributed by atoms with Gasteiger partial charge in [0.1, 0.15) is 11.6 Å². The van der Waals surface area contributed by atoms with Crippen molar-refractivity contribution in [1.82, 2.24) is 5.32 Å². The number of nitrogens with one attached hydrogen (secondary N) is 1. The zero-order chi connectivity index (χ0) is 16.2. The minimum Gasteiger partial charge on any atom is -0.504 e. The van der Waals surface area contributed by atoms with Crippen LogP contribution in [0.15, 0.2) is 42.5 Å². The number of hydrogen-bond donors (Lipinski definition) is 3. The Balaban J connectivity index is 0.00000208. The van der Waals surface area contributed by atoms with Crippen LogP contribution in [0.25, 0.3) is 0 Å². The fraction of sp³-hybridized carbons (Fsp3) is 0.333. The lowest BCUT2D eigenvalue weighted by molar-refractivity contribution is 0.196. The van der Waals surface area contributed by atoms with Crippen LogP contribution < -0.4 is 10.1 Å². The third kappa shape index (κ3) is 4.30. The number of aromatic hydroxyl groups is 2. The van der Waals surface area contributed by atoms with E-state index in [1.54, 1.807) is 6.07 Å². The molecule has 2 aromatic carbocycles. The molecule has 2 atom stereocenters. The Morgan fingerprint density at radius 1 is 1.08 bits per heavy atom. The van der Waals surface area contributed by atoms with Crippen LogP contribution in [0.2, 0.25) is 0 Å². The van der Waals surface area contributed by atoms with Crippen molar-refractivity contribution < 1.29 is 19.3 Å². The van der Waals surface area contributed by atoms with Gasteiger partial charge in [0.05, 0.1) is 6.61 Å². The van der Waals surface area contributed by atoms with Crippen LogP contribution in [0.1, 0.15) is 17.9 Å². The molecule has 3 N–H and O–H groups in total. The van der Waals surface area contributed by atoms with E-state index in [9.17, 15) is 14.6 Å². The number of piperidine rings is 1. The van der Waals surface area contributed by atoms with Gasteiger partial charge in [-0.2, -0.15) is 0 Å². The second-order valence-electron chi connectivity index (χ2n) is 5.87. The Bertz CT molecular complexity index is 666. The molecule has 1 saturated heterocycles. The standard InChI is InChI=1S/C18H20FNO3.ClH/c19-14-3-1-12(2-4-14)16-7-8-20-10-13(16)11-23-15-5-6-17(21)18(22)9-15;/h1-6,9,13,16,20-22H,7-8,10-11H2;1H. The van der Waals surface area contributed by atoms with Gasteiger partial charge in [-0.15, -0.1) is 12.4 Å². The van der Waals surface area contributed by atoms with Gasteiger partial charge in [-0.3, -0.25) is 0 Å². The fourth-order valence-electron chi connectivity index (χ4n) is 3.04. The number of halogens is 2. The molecule has 4 nitrogen and oxygen atoms in total. The van der Waals surface area contributed by atoms with Gasteiger partial charge in [-0.05, 0) is 48.7 Å². The number of phenols is 2. The smallest absolute Gasteiger partial charge is 0.161 e. The average Bonchev–Trinajstić information content (AvgIpc) is 2.57. The summed E-state index contributed by atoms with van der Waals surface area (Å²) >= 11 is 0. The topological polar surface area (TPSA) is 61.7 Å². The van der Waals surface area contributed by atoms with Gasteiger partial charge in [0.2, 0.25) is 0 Å². The van der Waals surface area contributed by atoms with E-state index in [2.05, 4.69) is 5.32 Å². The zero-order valence-corrected chi connectivity index (χ0v) is 13.9. The van der Waals surface area contributed by atoms with Crippen LogP contribution in [0.5, 0.6) is 17.2 Å². The van der Waals surface area contributed by atoms with E-state index in [-0.39, 0.29) is 35.6 Å². The molecule has 1 heterocycles. The first kappa shape index (κ1) is 18.4. The first-order valence-corrected chi connectivity index (χ1v) is 7.74. The van der Waals surface area contributed by atoms with E-state index in [4.69, 9.17) is 4.74 Å². The summed E-state index contributed by atoms with van der Waals surface area (Å²) in [5.74, 6) is 0.492. The normalized spacial score (nSPS) is 20.2. The van der Waals surface area contributed by atoms with Gasteiger partial charge in [0.15, 0.2) is 11.5 Å². The first-order valence-electron chi connectivity index (χ1n) is 7.74. The number of phenolic OH excluding ortho intramolecular Hbond substituents is 2. The fourth-order valence-corrected chi connectivity index (χ4v) is 3.04. The van der Waals surface area contributed by atoms with Gasteiger partial charge in [0, 0.05) is 18.5 Å². The summed E-state index contributed by atoms with van der Waals surface area (Å²) in [6.07, 6.45) is 0.973. The van der Waals surface area contributed by atoms with E-state index in [1.807, 2.05) is 12.1 Å². The lowest BCUT2D eigenvalue weighted by Crippen LogP contribution is -2.38. The Kier molecular flexibility index (Phi) is 6.29. The van der Waals surface area contributed by atoms with Crippen LogP contribution >= 0.6 is 12.4 Å². The van der Waals surface area contributed by atoms with Crippen molar-refractivity contribution in [2.75, 3.05) is 19.7 Å². The van der Waals surface area contributed by atoms with E-state index in [0.717, 1.165) is 25.1 Å². The predicted octanol–water partition coefficient (Wildman–Crippen LogP) is 3.43. The summed E-state index contributed by atoms with van der Waals surface area (Å²) in [6, 6.07) is 11.1. The molecule has 2 aromatic rings. The number of hydrogen-bond acceptors (Lipinski definition) is 4. The van der Waals surface area contributed by atoms with Crippen molar-refractivity contribution in [2.24, 2.45) is 5.92 Å². The largest absolute Gasteiger partial charge is 0.504 e. The molecule has 3 rings (SSSR count). The molecule has 130 valence electrons. The zero-order valence-electron chi connectivity index (χ0n) is 13.1. The van der Waals surface area contributed by atoms with Crippen molar-refractivity contribution in [1.29, 1.82) is 0 Å². The first-order chi connectivity index (χ1) is 11.1. The maximum Gasteiger partial charge on any atom is 0.161 e. The molecular weight excluding hydrogens is 333 g/mol. The van der Waals surface area contributed by atoms with Crippen LogP contribution in [-0.4, -0.2) is 29.9 Å². The summed E-state index contributed by atoms with van der Waals surface area (Å²) < 4.78 is 18.9. The molecule has 1 aliphatic rings. The van der Waals surface area contributed by atoms with Gasteiger partial charge in [-0.1, -0.05) is 12.1 Å². The van der Waals surface area contributed by atoms with Crippen molar-refractivity contribution in [3.05, 3.63) is 53.8 Å². The maximum atomic E-state index is 13.1. The van der Waals surface area contributed by atoms with Crippen molar-refractivity contribution in [3.63, 3.8) is 0 Å². The molecule has 0 aromatic heterocycles. The van der Waals surface area contributed by atoms with Gasteiger partial charge in [-0.25, -0.2) is 4.39 Å². The highest BCUT2D eigenvalue weighted by Gasteiger charge is 2.27. The summed E-state index contributed by atoms with van der Waals surface area (Å²) in [5, 5.41) is 22.2. The average molecular weight is 354 g/mol. The molecule has 1 aliphatic heterocycles. The van der Waals surface area contributed by atoms with Gasteiger partial charge in [0.25, 0.3) is 0 Å². The third-order valence-electron chi connectivity index (χ3n) is 4.32. The summed E-state index contributed by atoms with van der Waals surface area (Å²) in [6.45, 7) is 2.24. The van der Waals surface area contributed by atoms with Crippen LogP contribution in [0.3, 0.4) is 0 Å². The van der Waals surface area contributed by atoms with Crippen LogP contribution in [0.4, 0.5) is 4.39 Å². The molecule has 6 heteroatoms. The Morgan fingerprint density at radius 3 is 2.54 bits per heavy atom. The van der Waals surface area contributed by atoms with Crippen molar-refractivity contribution >= 4 is 12.4 Å². The van der Waals surface area contributed by atoms with Crippen molar-refractivity contribution in [2.45, 2.75) is 12.3 Å². The minimum absolute atomic E-state index is 0. The molecular formula is C18H21ClFNO3. The molecule has 1 fully saturated rings. The van der Waals surface area contributed by atoms with Gasteiger partial charge < -0.3 is 20.3 Å². The highest BCUT2D eigenvalue weighted by Crippen LogP contribution is 2.32. The Labute approximate surface area is 146 Å². The Hall–Kier alpha value is -1.98.